The van der Waals surface area contributed by atoms with E-state index in [0.717, 1.165) is 0 Å². The van der Waals surface area contributed by atoms with Crippen LogP contribution in [0.3, 0.4) is 0 Å². The van der Waals surface area contributed by atoms with Gasteiger partial charge in [-0.25, -0.2) is 0 Å². The maximum atomic E-state index is 11.1. The van der Waals surface area contributed by atoms with Crippen LogP contribution in [0.2, 0.25) is 0 Å². The highest BCUT2D eigenvalue weighted by Gasteiger charge is 2.20. The Kier molecular flexibility index (Phi) is 2.04. The number of aromatic hydroxyl groups is 1. The maximum Gasteiger partial charge on any atom is 0.204 e. The number of fused-ring (bicyclic) bond motifs is 1. The van der Waals surface area contributed by atoms with E-state index in [-0.39, 0.29) is 22.8 Å². The third-order valence-electron chi connectivity index (χ3n) is 2.06. The molecule has 1 aliphatic rings. The summed E-state index contributed by atoms with van der Waals surface area (Å²) in [5.74, 6) is 0.428. The summed E-state index contributed by atoms with van der Waals surface area (Å²) in [7, 11) is 0. The lowest BCUT2D eigenvalue weighted by molar-refractivity contribution is 0.101. The fraction of sp³-hybridized carbons (Fsp3) is 0.300. The molecule has 0 aromatic heterocycles. The summed E-state index contributed by atoms with van der Waals surface area (Å²) >= 11 is 0. The van der Waals surface area contributed by atoms with Crippen molar-refractivity contribution >= 4 is 5.78 Å². The second-order valence-corrected chi connectivity index (χ2v) is 3.04. The Morgan fingerprint density at radius 1 is 1.36 bits per heavy atom. The minimum atomic E-state index is -0.195. The molecule has 0 spiro atoms. The second-order valence-electron chi connectivity index (χ2n) is 3.04. The number of carbonyl (C=O) groups is 1. The molecular formula is C10H10O4. The van der Waals surface area contributed by atoms with E-state index in [4.69, 9.17) is 9.47 Å². The first-order chi connectivity index (χ1) is 6.70. The van der Waals surface area contributed by atoms with Gasteiger partial charge in [0.15, 0.2) is 17.3 Å². The van der Waals surface area contributed by atoms with Crippen LogP contribution >= 0.6 is 0 Å². The molecule has 4 nitrogen and oxygen atoms in total. The molecule has 0 fully saturated rings. The molecule has 0 atom stereocenters. The first-order valence-corrected chi connectivity index (χ1v) is 4.32. The standard InChI is InChI=1S/C10H10O4/c1-6(11)7-2-3-8-10(9(7)12)14-5-4-13-8/h2-3,12H,4-5H2,1H3. The van der Waals surface area contributed by atoms with Gasteiger partial charge in [0.05, 0.1) is 5.56 Å². The van der Waals surface area contributed by atoms with E-state index in [1.165, 1.54) is 13.0 Å². The molecule has 1 heterocycles. The van der Waals surface area contributed by atoms with Crippen molar-refractivity contribution in [3.63, 3.8) is 0 Å². The molecule has 0 saturated carbocycles. The Morgan fingerprint density at radius 3 is 2.79 bits per heavy atom. The molecule has 0 saturated heterocycles. The fourth-order valence-electron chi connectivity index (χ4n) is 1.39. The predicted octanol–water partition coefficient (Wildman–Crippen LogP) is 1.37. The molecule has 1 aromatic carbocycles. The molecule has 0 unspecified atom stereocenters. The SMILES string of the molecule is CC(=O)c1ccc2c(c1O)OCCO2. The van der Waals surface area contributed by atoms with Crippen LogP contribution in [-0.4, -0.2) is 24.1 Å². The van der Waals surface area contributed by atoms with Gasteiger partial charge in [0.1, 0.15) is 13.2 Å². The summed E-state index contributed by atoms with van der Waals surface area (Å²) in [5, 5.41) is 9.68. The number of rotatable bonds is 1. The third-order valence-corrected chi connectivity index (χ3v) is 2.06. The van der Waals surface area contributed by atoms with Crippen molar-refractivity contribution in [3.05, 3.63) is 17.7 Å². The van der Waals surface area contributed by atoms with Crippen LogP contribution in [0.1, 0.15) is 17.3 Å². The van der Waals surface area contributed by atoms with Crippen molar-refractivity contribution < 1.29 is 19.4 Å². The lowest BCUT2D eigenvalue weighted by atomic mass is 10.1. The molecule has 1 N–H and O–H groups in total. The highest BCUT2D eigenvalue weighted by molar-refractivity contribution is 5.98. The van der Waals surface area contributed by atoms with Crippen molar-refractivity contribution in [2.24, 2.45) is 0 Å². The molecule has 14 heavy (non-hydrogen) atoms. The number of ether oxygens (including phenoxy) is 2. The molecule has 0 amide bonds. The van der Waals surface area contributed by atoms with Crippen molar-refractivity contribution in [2.45, 2.75) is 6.92 Å². The Balaban J connectivity index is 2.54. The summed E-state index contributed by atoms with van der Waals surface area (Å²) in [4.78, 5) is 11.1. The van der Waals surface area contributed by atoms with Crippen LogP contribution in [0.5, 0.6) is 17.2 Å². The van der Waals surface area contributed by atoms with E-state index in [2.05, 4.69) is 0 Å². The quantitative estimate of drug-likeness (QED) is 0.686. The Labute approximate surface area is 81.1 Å². The normalized spacial score (nSPS) is 13.8. The van der Waals surface area contributed by atoms with Gasteiger partial charge in [-0.2, -0.15) is 0 Å². The van der Waals surface area contributed by atoms with Gasteiger partial charge in [-0.1, -0.05) is 0 Å². The number of hydrogen-bond acceptors (Lipinski definition) is 4. The van der Waals surface area contributed by atoms with Crippen molar-refractivity contribution in [1.29, 1.82) is 0 Å². The van der Waals surface area contributed by atoms with Crippen molar-refractivity contribution in [1.82, 2.24) is 0 Å². The Hall–Kier alpha value is -1.71. The molecule has 1 aromatic rings. The lowest BCUT2D eigenvalue weighted by Crippen LogP contribution is -2.15. The van der Waals surface area contributed by atoms with Gasteiger partial charge in [0.25, 0.3) is 0 Å². The maximum absolute atomic E-state index is 11.1. The second kappa shape index (κ2) is 3.21. The molecule has 4 heteroatoms. The highest BCUT2D eigenvalue weighted by Crippen LogP contribution is 2.40. The zero-order valence-corrected chi connectivity index (χ0v) is 7.74. The summed E-state index contributed by atoms with van der Waals surface area (Å²) in [5.41, 5.74) is 0.259. The van der Waals surface area contributed by atoms with E-state index in [1.54, 1.807) is 6.07 Å². The first kappa shape index (κ1) is 8.87. The van der Waals surface area contributed by atoms with Gasteiger partial charge in [-0.3, -0.25) is 4.79 Å². The zero-order chi connectivity index (χ0) is 10.1. The minimum Gasteiger partial charge on any atom is -0.504 e. The van der Waals surface area contributed by atoms with Gasteiger partial charge in [0.2, 0.25) is 5.75 Å². The highest BCUT2D eigenvalue weighted by atomic mass is 16.6. The number of phenolic OH excluding ortho intramolecular Hbond substituents is 1. The molecule has 0 bridgehead atoms. The third kappa shape index (κ3) is 1.28. The van der Waals surface area contributed by atoms with Gasteiger partial charge in [-0.05, 0) is 19.1 Å². The van der Waals surface area contributed by atoms with Crippen LogP contribution in [-0.2, 0) is 0 Å². The fourth-order valence-corrected chi connectivity index (χ4v) is 1.39. The molecule has 2 rings (SSSR count). The van der Waals surface area contributed by atoms with Crippen LogP contribution in [0.4, 0.5) is 0 Å². The zero-order valence-electron chi connectivity index (χ0n) is 7.74. The largest absolute Gasteiger partial charge is 0.504 e. The molecule has 0 radical (unpaired) electrons. The molecular weight excluding hydrogens is 184 g/mol. The number of hydrogen-bond donors (Lipinski definition) is 1. The van der Waals surface area contributed by atoms with Crippen LogP contribution in [0, 0.1) is 0 Å². The van der Waals surface area contributed by atoms with E-state index < -0.39 is 0 Å². The average molecular weight is 194 g/mol. The van der Waals surface area contributed by atoms with Crippen molar-refractivity contribution in [2.75, 3.05) is 13.2 Å². The van der Waals surface area contributed by atoms with Crippen LogP contribution in [0.15, 0.2) is 12.1 Å². The smallest absolute Gasteiger partial charge is 0.204 e. The molecule has 0 aliphatic carbocycles. The predicted molar refractivity (Wildman–Crippen MR) is 49.1 cm³/mol. The van der Waals surface area contributed by atoms with E-state index in [9.17, 15) is 9.90 Å². The van der Waals surface area contributed by atoms with Crippen LogP contribution in [0.25, 0.3) is 0 Å². The summed E-state index contributed by atoms with van der Waals surface area (Å²) in [6.07, 6.45) is 0. The summed E-state index contributed by atoms with van der Waals surface area (Å²) in [6.45, 7) is 2.25. The first-order valence-electron chi connectivity index (χ1n) is 4.32. The lowest BCUT2D eigenvalue weighted by Gasteiger charge is -2.19. The summed E-state index contributed by atoms with van der Waals surface area (Å²) in [6, 6.07) is 3.16. The van der Waals surface area contributed by atoms with Gasteiger partial charge >= 0.3 is 0 Å². The topological polar surface area (TPSA) is 55.8 Å². The number of carbonyl (C=O) groups excluding carboxylic acids is 1. The number of phenols is 1. The Morgan fingerprint density at radius 2 is 2.07 bits per heavy atom. The van der Waals surface area contributed by atoms with Gasteiger partial charge in [0, 0.05) is 0 Å². The molecule has 1 aliphatic heterocycles. The van der Waals surface area contributed by atoms with E-state index in [1.807, 2.05) is 0 Å². The van der Waals surface area contributed by atoms with Gasteiger partial charge in [-0.15, -0.1) is 0 Å². The number of Topliss-reactive ketones (excluding diaryl/α,β-unsaturated/α-hetero) is 1. The van der Waals surface area contributed by atoms with Crippen molar-refractivity contribution in [3.8, 4) is 17.2 Å². The monoisotopic (exact) mass is 194 g/mol. The van der Waals surface area contributed by atoms with E-state index >= 15 is 0 Å². The number of benzene rings is 1. The average Bonchev–Trinajstić information content (AvgIpc) is 2.18. The summed E-state index contributed by atoms with van der Waals surface area (Å²) < 4.78 is 10.5. The van der Waals surface area contributed by atoms with E-state index in [0.29, 0.717) is 19.0 Å². The molecule has 74 valence electrons. The Bertz CT molecular complexity index is 384. The van der Waals surface area contributed by atoms with Gasteiger partial charge < -0.3 is 14.6 Å². The number of ketones is 1. The van der Waals surface area contributed by atoms with Crippen LogP contribution < -0.4 is 9.47 Å². The minimum absolute atomic E-state index is 0.130.